The van der Waals surface area contributed by atoms with E-state index in [1.54, 1.807) is 38.3 Å². The van der Waals surface area contributed by atoms with Crippen molar-refractivity contribution in [2.75, 3.05) is 19.4 Å². The van der Waals surface area contributed by atoms with Gasteiger partial charge in [0.2, 0.25) is 11.8 Å². The molecule has 32 heavy (non-hydrogen) atoms. The van der Waals surface area contributed by atoms with Crippen LogP contribution in [-0.2, 0) is 25.6 Å². The second-order valence-corrected chi connectivity index (χ2v) is 9.35. The highest BCUT2D eigenvalue weighted by Crippen LogP contribution is 2.23. The zero-order valence-corrected chi connectivity index (χ0v) is 19.8. The van der Waals surface area contributed by atoms with Crippen molar-refractivity contribution in [1.29, 1.82) is 0 Å². The van der Waals surface area contributed by atoms with Crippen LogP contribution in [0.1, 0.15) is 39.2 Å². The van der Waals surface area contributed by atoms with Crippen LogP contribution in [0.5, 0.6) is 5.75 Å². The van der Waals surface area contributed by atoms with E-state index in [9.17, 15) is 24.3 Å². The van der Waals surface area contributed by atoms with Gasteiger partial charge in [-0.3, -0.25) is 14.4 Å². The Bertz CT molecular complexity index is 826. The number of carbonyl (C=O) groups is 4. The maximum absolute atomic E-state index is 12.9. The number of amides is 2. The van der Waals surface area contributed by atoms with E-state index in [-0.39, 0.29) is 23.4 Å². The number of likely N-dealkylation sites (tertiary alicyclic amines) is 1. The number of ether oxygens (including phenoxy) is 1. The highest BCUT2D eigenvalue weighted by molar-refractivity contribution is 8.13. The second-order valence-electron chi connectivity index (χ2n) is 8.33. The SMILES string of the molecule is COc1ccc(C[C@H](NC(=O)[C@@H]2CCCN2C(=O)[C@H](C)CSC(=O)C(C)C)C(=O)O)cc1. The summed E-state index contributed by atoms with van der Waals surface area (Å²) in [6, 6.07) is 5.17. The van der Waals surface area contributed by atoms with Gasteiger partial charge in [-0.25, -0.2) is 4.79 Å². The van der Waals surface area contributed by atoms with Gasteiger partial charge in [-0.15, -0.1) is 0 Å². The number of carboxylic acid groups (broad SMARTS) is 1. The predicted molar refractivity (Wildman–Crippen MR) is 122 cm³/mol. The quantitative estimate of drug-likeness (QED) is 0.546. The molecule has 3 atom stereocenters. The molecule has 1 aromatic rings. The molecule has 0 aromatic heterocycles. The lowest BCUT2D eigenvalue weighted by molar-refractivity contribution is -0.144. The fraction of sp³-hybridized carbons (Fsp3) is 0.565. The molecule has 1 aromatic carbocycles. The van der Waals surface area contributed by atoms with Crippen LogP contribution >= 0.6 is 11.8 Å². The molecule has 0 aliphatic carbocycles. The number of methoxy groups -OCH3 is 1. The lowest BCUT2D eigenvalue weighted by Gasteiger charge is -2.28. The van der Waals surface area contributed by atoms with Gasteiger partial charge in [-0.1, -0.05) is 44.7 Å². The van der Waals surface area contributed by atoms with E-state index in [1.807, 2.05) is 13.8 Å². The van der Waals surface area contributed by atoms with Crippen molar-refractivity contribution in [1.82, 2.24) is 10.2 Å². The Kier molecular flexibility index (Phi) is 9.56. The molecule has 1 aliphatic rings. The zero-order valence-electron chi connectivity index (χ0n) is 19.0. The molecule has 2 rings (SSSR count). The number of nitrogens with zero attached hydrogens (tertiary/aromatic N) is 1. The van der Waals surface area contributed by atoms with E-state index in [2.05, 4.69) is 5.32 Å². The molecule has 2 N–H and O–H groups in total. The summed E-state index contributed by atoms with van der Waals surface area (Å²) >= 11 is 1.13. The molecule has 1 aliphatic heterocycles. The normalized spacial score (nSPS) is 17.7. The minimum Gasteiger partial charge on any atom is -0.497 e. The summed E-state index contributed by atoms with van der Waals surface area (Å²) in [6.45, 7) is 5.82. The number of carboxylic acids is 1. The molecule has 1 heterocycles. The van der Waals surface area contributed by atoms with E-state index in [0.29, 0.717) is 30.9 Å². The number of thioether (sulfide) groups is 1. The fourth-order valence-electron chi connectivity index (χ4n) is 3.50. The van der Waals surface area contributed by atoms with Crippen molar-refractivity contribution in [2.24, 2.45) is 11.8 Å². The molecular formula is C23H32N2O6S. The molecule has 8 nitrogen and oxygen atoms in total. The summed E-state index contributed by atoms with van der Waals surface area (Å²) in [6.07, 6.45) is 1.28. The van der Waals surface area contributed by atoms with E-state index >= 15 is 0 Å². The molecule has 1 saturated heterocycles. The fourth-order valence-corrected chi connectivity index (χ4v) is 4.39. The first-order valence-corrected chi connectivity index (χ1v) is 11.8. The zero-order chi connectivity index (χ0) is 23.8. The van der Waals surface area contributed by atoms with Crippen LogP contribution in [0.3, 0.4) is 0 Å². The number of nitrogens with one attached hydrogen (secondary N) is 1. The number of hydrogen-bond acceptors (Lipinski definition) is 6. The maximum atomic E-state index is 12.9. The molecule has 2 amide bonds. The summed E-state index contributed by atoms with van der Waals surface area (Å²) in [5, 5.41) is 12.2. The third-order valence-electron chi connectivity index (χ3n) is 5.42. The first-order chi connectivity index (χ1) is 15.1. The van der Waals surface area contributed by atoms with Crippen molar-refractivity contribution < 1.29 is 29.0 Å². The van der Waals surface area contributed by atoms with E-state index in [1.165, 1.54) is 4.90 Å². The number of benzene rings is 1. The molecule has 1 fully saturated rings. The predicted octanol–water partition coefficient (Wildman–Crippen LogP) is 2.35. The number of rotatable bonds is 10. The summed E-state index contributed by atoms with van der Waals surface area (Å²) in [4.78, 5) is 50.9. The Morgan fingerprint density at radius 2 is 1.84 bits per heavy atom. The topological polar surface area (TPSA) is 113 Å². The number of aliphatic carboxylic acids is 1. The Morgan fingerprint density at radius 1 is 1.19 bits per heavy atom. The van der Waals surface area contributed by atoms with Gasteiger partial charge in [-0.05, 0) is 30.5 Å². The van der Waals surface area contributed by atoms with E-state index in [0.717, 1.165) is 17.3 Å². The van der Waals surface area contributed by atoms with Crippen LogP contribution in [0.25, 0.3) is 0 Å². The average molecular weight is 465 g/mol. The van der Waals surface area contributed by atoms with Crippen molar-refractivity contribution in [2.45, 2.75) is 52.1 Å². The molecule has 0 spiro atoms. The molecule has 0 bridgehead atoms. The standard InChI is InChI=1S/C23H32N2O6S/c1-14(2)23(30)32-13-15(3)21(27)25-11-5-6-19(25)20(26)24-18(22(28)29)12-16-7-9-17(31-4)10-8-16/h7-10,14-15,18-19H,5-6,11-13H2,1-4H3,(H,24,26)(H,28,29)/t15-,18+,19+/m1/s1. The second kappa shape index (κ2) is 11.9. The Labute approximate surface area is 193 Å². The third-order valence-corrected chi connectivity index (χ3v) is 6.84. The first-order valence-electron chi connectivity index (χ1n) is 10.8. The largest absolute Gasteiger partial charge is 0.497 e. The lowest BCUT2D eigenvalue weighted by atomic mass is 10.0. The smallest absolute Gasteiger partial charge is 0.326 e. The Balaban J connectivity index is 2.00. The first kappa shape index (κ1) is 25.7. The molecular weight excluding hydrogens is 432 g/mol. The van der Waals surface area contributed by atoms with Gasteiger partial charge >= 0.3 is 5.97 Å². The van der Waals surface area contributed by atoms with E-state index in [4.69, 9.17) is 4.74 Å². The van der Waals surface area contributed by atoms with Crippen molar-refractivity contribution in [3.63, 3.8) is 0 Å². The number of carbonyl (C=O) groups excluding carboxylic acids is 3. The van der Waals surface area contributed by atoms with Crippen LogP contribution in [0.2, 0.25) is 0 Å². The van der Waals surface area contributed by atoms with Gasteiger partial charge < -0.3 is 20.1 Å². The minimum absolute atomic E-state index is 0.0307. The summed E-state index contributed by atoms with van der Waals surface area (Å²) < 4.78 is 5.11. The van der Waals surface area contributed by atoms with Gasteiger partial charge in [-0.2, -0.15) is 0 Å². The lowest BCUT2D eigenvalue weighted by Crippen LogP contribution is -2.52. The van der Waals surface area contributed by atoms with Crippen LogP contribution in [-0.4, -0.2) is 64.4 Å². The van der Waals surface area contributed by atoms with Crippen molar-refractivity contribution >= 4 is 34.7 Å². The van der Waals surface area contributed by atoms with Gasteiger partial charge in [0.25, 0.3) is 0 Å². The Morgan fingerprint density at radius 3 is 2.41 bits per heavy atom. The van der Waals surface area contributed by atoms with Gasteiger partial charge in [0.1, 0.15) is 17.8 Å². The molecule has 0 radical (unpaired) electrons. The molecule has 176 valence electrons. The highest BCUT2D eigenvalue weighted by atomic mass is 32.2. The van der Waals surface area contributed by atoms with Gasteiger partial charge in [0, 0.05) is 30.6 Å². The average Bonchev–Trinajstić information content (AvgIpc) is 3.26. The molecule has 9 heteroatoms. The number of hydrogen-bond donors (Lipinski definition) is 2. The highest BCUT2D eigenvalue weighted by Gasteiger charge is 2.37. The molecule has 0 saturated carbocycles. The summed E-state index contributed by atoms with van der Waals surface area (Å²) in [5.74, 6) is -1.29. The monoisotopic (exact) mass is 464 g/mol. The molecule has 0 unspecified atom stereocenters. The Hall–Kier alpha value is -2.55. The van der Waals surface area contributed by atoms with Gasteiger partial charge in [0.05, 0.1) is 7.11 Å². The van der Waals surface area contributed by atoms with Crippen LogP contribution in [0, 0.1) is 11.8 Å². The third kappa shape index (κ3) is 6.98. The minimum atomic E-state index is -1.14. The summed E-state index contributed by atoms with van der Waals surface area (Å²) in [5.41, 5.74) is 0.748. The summed E-state index contributed by atoms with van der Waals surface area (Å²) in [7, 11) is 1.55. The van der Waals surface area contributed by atoms with E-state index < -0.39 is 29.9 Å². The maximum Gasteiger partial charge on any atom is 0.326 e. The van der Waals surface area contributed by atoms with Crippen molar-refractivity contribution in [3.05, 3.63) is 29.8 Å². The van der Waals surface area contributed by atoms with Crippen molar-refractivity contribution in [3.8, 4) is 5.75 Å². The van der Waals surface area contributed by atoms with Gasteiger partial charge in [0.15, 0.2) is 5.12 Å². The van der Waals surface area contributed by atoms with Crippen LogP contribution in [0.4, 0.5) is 0 Å². The van der Waals surface area contributed by atoms with Crippen LogP contribution in [0.15, 0.2) is 24.3 Å². The van der Waals surface area contributed by atoms with Crippen LogP contribution < -0.4 is 10.1 Å².